The minimum atomic E-state index is -5.59. The Morgan fingerprint density at radius 3 is 2.38 bits per heavy atom. The van der Waals surface area contributed by atoms with Gasteiger partial charge in [0.1, 0.15) is 0 Å². The predicted octanol–water partition coefficient (Wildman–Crippen LogP) is 0.878. The molecule has 180 valence electrons. The third-order valence-electron chi connectivity index (χ3n) is 5.43. The summed E-state index contributed by atoms with van der Waals surface area (Å²) in [5.41, 5.74) is 4.89. The van der Waals surface area contributed by atoms with Gasteiger partial charge in [-0.05, 0) is 17.3 Å². The summed E-state index contributed by atoms with van der Waals surface area (Å²) in [6.45, 7) is 5.05. The van der Waals surface area contributed by atoms with Crippen molar-refractivity contribution in [2.24, 2.45) is 17.3 Å². The van der Waals surface area contributed by atoms with E-state index < -0.39 is 41.0 Å². The van der Waals surface area contributed by atoms with Crippen LogP contribution in [0.2, 0.25) is 0 Å². The molecule has 2 unspecified atom stereocenters. The Bertz CT molecular complexity index is 1240. The number of aromatic amines is 1. The molecule has 1 saturated carbocycles. The second-order valence-corrected chi connectivity index (χ2v) is 12.3. The molecule has 0 saturated heterocycles. The molecule has 16 nitrogen and oxygen atoms in total. The fourth-order valence-electron chi connectivity index (χ4n) is 4.28. The fraction of sp³-hybridized carbons (Fsp3) is 0.615. The minimum absolute atomic E-state index is 0.0850. The Balaban J connectivity index is 1.75. The number of phosphoric ester groups is 1. The fourth-order valence-corrected chi connectivity index (χ4v) is 7.32. The molecule has 0 amide bonds. The summed E-state index contributed by atoms with van der Waals surface area (Å²) < 4.78 is 48.0. The predicted molar refractivity (Wildman–Crippen MR) is 108 cm³/mol. The number of phosphoric acid groups is 3. The Labute approximate surface area is 180 Å². The highest BCUT2D eigenvalue weighted by atomic mass is 31.3. The maximum atomic E-state index is 12.0. The van der Waals surface area contributed by atoms with Gasteiger partial charge in [-0.3, -0.25) is 14.3 Å². The number of hydrogen-bond donors (Lipinski definition) is 6. The van der Waals surface area contributed by atoms with Gasteiger partial charge in [0.05, 0.1) is 12.9 Å². The van der Waals surface area contributed by atoms with Crippen LogP contribution in [-0.2, 0) is 26.8 Å². The van der Waals surface area contributed by atoms with E-state index in [2.05, 4.69) is 23.6 Å². The standard InChI is InChI=1S/C13H22N5O11P3/c1-6-7(4-27-31(23,24)29-32(25,26)28-30(20,21)22)13(2,3)9(6)18-5-15-8-10(18)16-12(14)17-11(8)19/h5-7,9H,4H2,1-3H3,(H,23,24)(H,25,26)(H2,20,21,22)(H3,14,16,17,19)/t6-,7-,9+/m1/s1. The van der Waals surface area contributed by atoms with E-state index in [-0.39, 0.29) is 35.0 Å². The number of fused-ring (bicyclic) bond motifs is 1. The van der Waals surface area contributed by atoms with Crippen LogP contribution in [0.5, 0.6) is 0 Å². The smallest absolute Gasteiger partial charge is 0.369 e. The van der Waals surface area contributed by atoms with Gasteiger partial charge in [-0.2, -0.15) is 13.6 Å². The molecule has 2 aromatic rings. The van der Waals surface area contributed by atoms with Crippen LogP contribution in [0.3, 0.4) is 0 Å². The Morgan fingerprint density at radius 2 is 1.81 bits per heavy atom. The first-order valence-electron chi connectivity index (χ1n) is 8.94. The number of nitrogens with two attached hydrogens (primary N) is 1. The molecule has 1 aliphatic rings. The molecule has 2 heterocycles. The van der Waals surface area contributed by atoms with Gasteiger partial charge >= 0.3 is 23.5 Å². The molecule has 19 heteroatoms. The van der Waals surface area contributed by atoms with Gasteiger partial charge in [-0.1, -0.05) is 20.8 Å². The van der Waals surface area contributed by atoms with Gasteiger partial charge in [0.2, 0.25) is 5.95 Å². The first-order valence-corrected chi connectivity index (χ1v) is 13.5. The average molecular weight is 517 g/mol. The molecule has 2 aromatic heterocycles. The van der Waals surface area contributed by atoms with Crippen LogP contribution in [0.4, 0.5) is 5.95 Å². The normalized spacial score (nSPS) is 26.9. The summed E-state index contributed by atoms with van der Waals surface area (Å²) in [5.74, 6) is -0.676. The van der Waals surface area contributed by atoms with Crippen molar-refractivity contribution in [1.82, 2.24) is 19.5 Å². The molecule has 32 heavy (non-hydrogen) atoms. The lowest BCUT2D eigenvalue weighted by Gasteiger charge is -2.57. The SMILES string of the molecule is C[C@@H]1[C@@H](COP(=O)(O)OP(=O)(O)OP(=O)(O)O)C(C)(C)[C@H]1n1cnc2c(=O)[nH]c(N)nc21. The zero-order valence-electron chi connectivity index (χ0n) is 16.9. The van der Waals surface area contributed by atoms with Gasteiger partial charge in [0, 0.05) is 6.04 Å². The number of nitrogens with one attached hydrogen (secondary N) is 1. The van der Waals surface area contributed by atoms with Gasteiger partial charge < -0.3 is 29.9 Å². The molecule has 0 bridgehead atoms. The summed E-state index contributed by atoms with van der Waals surface area (Å²) >= 11 is 0. The number of imidazole rings is 1. The monoisotopic (exact) mass is 517 g/mol. The molecule has 0 spiro atoms. The number of H-pyrrole nitrogens is 1. The molecule has 0 aromatic carbocycles. The highest BCUT2D eigenvalue weighted by Crippen LogP contribution is 2.67. The van der Waals surface area contributed by atoms with Crippen LogP contribution < -0.4 is 11.3 Å². The van der Waals surface area contributed by atoms with E-state index in [0.29, 0.717) is 0 Å². The third-order valence-corrected chi connectivity index (χ3v) is 9.24. The van der Waals surface area contributed by atoms with E-state index in [1.165, 1.54) is 6.33 Å². The molecule has 0 radical (unpaired) electrons. The van der Waals surface area contributed by atoms with Crippen molar-refractivity contribution >= 4 is 40.6 Å². The Hall–Kier alpha value is -1.44. The van der Waals surface area contributed by atoms with Crippen molar-refractivity contribution in [2.45, 2.75) is 26.8 Å². The quantitative estimate of drug-likeness (QED) is 0.266. The van der Waals surface area contributed by atoms with Crippen LogP contribution in [0.1, 0.15) is 26.8 Å². The lowest BCUT2D eigenvalue weighted by atomic mass is 9.52. The first-order chi connectivity index (χ1) is 14.4. The van der Waals surface area contributed by atoms with Crippen molar-refractivity contribution < 1.29 is 46.4 Å². The average Bonchev–Trinajstić information content (AvgIpc) is 2.94. The van der Waals surface area contributed by atoms with E-state index in [9.17, 15) is 28.3 Å². The Morgan fingerprint density at radius 1 is 1.19 bits per heavy atom. The summed E-state index contributed by atoms with van der Waals surface area (Å²) in [6.07, 6.45) is 1.44. The lowest BCUT2D eigenvalue weighted by molar-refractivity contribution is -0.0975. The van der Waals surface area contributed by atoms with E-state index in [4.69, 9.17) is 20.0 Å². The van der Waals surface area contributed by atoms with Crippen molar-refractivity contribution in [3.8, 4) is 0 Å². The van der Waals surface area contributed by atoms with Gasteiger partial charge in [0.25, 0.3) is 5.56 Å². The molecule has 0 aliphatic heterocycles. The largest absolute Gasteiger partial charge is 0.490 e. The van der Waals surface area contributed by atoms with E-state index >= 15 is 0 Å². The van der Waals surface area contributed by atoms with Crippen LogP contribution in [0, 0.1) is 17.3 Å². The van der Waals surface area contributed by atoms with Gasteiger partial charge in [-0.25, -0.2) is 18.7 Å². The maximum absolute atomic E-state index is 12.0. The highest BCUT2D eigenvalue weighted by Gasteiger charge is 2.56. The summed E-state index contributed by atoms with van der Waals surface area (Å²) in [5, 5.41) is 0. The minimum Gasteiger partial charge on any atom is -0.369 e. The lowest BCUT2D eigenvalue weighted by Crippen LogP contribution is -2.54. The van der Waals surface area contributed by atoms with E-state index in [1.54, 1.807) is 4.57 Å². The van der Waals surface area contributed by atoms with Crippen molar-refractivity contribution in [3.63, 3.8) is 0 Å². The number of hydrogen-bond acceptors (Lipinski definition) is 10. The van der Waals surface area contributed by atoms with Crippen molar-refractivity contribution in [3.05, 3.63) is 16.7 Å². The second-order valence-electron chi connectivity index (χ2n) is 7.89. The Kier molecular flexibility index (Phi) is 6.38. The molecular weight excluding hydrogens is 495 g/mol. The third kappa shape index (κ3) is 5.05. The summed E-state index contributed by atoms with van der Waals surface area (Å²) in [7, 11) is -16.3. The highest BCUT2D eigenvalue weighted by molar-refractivity contribution is 7.66. The van der Waals surface area contributed by atoms with Crippen molar-refractivity contribution in [2.75, 3.05) is 12.3 Å². The van der Waals surface area contributed by atoms with Gasteiger partial charge in [0.15, 0.2) is 11.2 Å². The maximum Gasteiger partial charge on any atom is 0.490 e. The summed E-state index contributed by atoms with van der Waals surface area (Å²) in [6, 6.07) is -0.268. The molecule has 3 rings (SSSR count). The number of rotatable bonds is 8. The van der Waals surface area contributed by atoms with E-state index in [1.807, 2.05) is 20.8 Å². The number of nitrogen functional groups attached to an aromatic ring is 1. The first kappa shape index (κ1) is 25.2. The van der Waals surface area contributed by atoms with Crippen LogP contribution in [-0.4, -0.2) is 45.7 Å². The second kappa shape index (κ2) is 8.10. The number of nitrogens with zero attached hydrogens (tertiary/aromatic N) is 3. The van der Waals surface area contributed by atoms with Crippen LogP contribution in [0.15, 0.2) is 11.1 Å². The van der Waals surface area contributed by atoms with E-state index in [0.717, 1.165) is 0 Å². The molecular formula is C13H22N5O11P3. The number of anilines is 1. The van der Waals surface area contributed by atoms with Crippen LogP contribution >= 0.6 is 23.5 Å². The molecule has 1 aliphatic carbocycles. The zero-order valence-corrected chi connectivity index (χ0v) is 19.6. The zero-order chi connectivity index (χ0) is 24.3. The molecule has 5 atom stereocenters. The number of aromatic nitrogens is 4. The summed E-state index contributed by atoms with van der Waals surface area (Å²) in [4.78, 5) is 58.6. The topological polar surface area (TPSA) is 249 Å². The van der Waals surface area contributed by atoms with Crippen LogP contribution in [0.25, 0.3) is 11.2 Å². The van der Waals surface area contributed by atoms with Gasteiger partial charge in [-0.15, -0.1) is 0 Å². The molecule has 1 fully saturated rings. The molecule has 7 N–H and O–H groups in total. The van der Waals surface area contributed by atoms with Crippen molar-refractivity contribution in [1.29, 1.82) is 0 Å².